The zero-order chi connectivity index (χ0) is 25.4. The van der Waals surface area contributed by atoms with E-state index >= 15 is 0 Å². The number of hydrogen-bond acceptors (Lipinski definition) is 3. The van der Waals surface area contributed by atoms with Gasteiger partial charge in [0.2, 0.25) is 0 Å². The highest BCUT2D eigenvalue weighted by Gasteiger charge is 2.50. The molecule has 3 heteroatoms. The van der Waals surface area contributed by atoms with E-state index in [2.05, 4.69) is 94.7 Å². The number of aryl methyl sites for hydroxylation is 1. The molecular formula is C30H51N3. The highest BCUT2D eigenvalue weighted by molar-refractivity contribution is 5.44. The molecule has 33 heavy (non-hydrogen) atoms. The average molecular weight is 454 g/mol. The van der Waals surface area contributed by atoms with Gasteiger partial charge in [0.1, 0.15) is 0 Å². The minimum absolute atomic E-state index is 0.480. The Labute approximate surface area is 205 Å². The van der Waals surface area contributed by atoms with Crippen LogP contribution >= 0.6 is 0 Å². The van der Waals surface area contributed by atoms with Crippen molar-refractivity contribution < 1.29 is 0 Å². The van der Waals surface area contributed by atoms with Crippen LogP contribution in [0.25, 0.3) is 0 Å². The van der Waals surface area contributed by atoms with E-state index in [4.69, 9.17) is 0 Å². The molecule has 1 aromatic rings. The number of allylic oxidation sites excluding steroid dienone is 3. The van der Waals surface area contributed by atoms with Gasteiger partial charge in [-0.1, -0.05) is 83.7 Å². The van der Waals surface area contributed by atoms with Crippen molar-refractivity contribution in [1.82, 2.24) is 16.0 Å². The van der Waals surface area contributed by atoms with E-state index in [1.165, 1.54) is 41.7 Å². The maximum Gasteiger partial charge on any atom is 0.0400 e. The SMILES string of the molecule is C=C(NCc1ccc(C)cc1)C(=C)/C(CC)=C(/CC)NC.C=CCC1CC1(CC)NC.CC. The summed E-state index contributed by atoms with van der Waals surface area (Å²) in [7, 11) is 4.02. The first kappa shape index (κ1) is 30.7. The highest BCUT2D eigenvalue weighted by Crippen LogP contribution is 2.47. The Morgan fingerprint density at radius 1 is 1.06 bits per heavy atom. The predicted molar refractivity (Wildman–Crippen MR) is 149 cm³/mol. The van der Waals surface area contributed by atoms with Crippen molar-refractivity contribution in [2.75, 3.05) is 14.1 Å². The third-order valence-corrected chi connectivity index (χ3v) is 6.54. The number of hydrogen-bond donors (Lipinski definition) is 3. The van der Waals surface area contributed by atoms with Gasteiger partial charge in [0.15, 0.2) is 0 Å². The van der Waals surface area contributed by atoms with Crippen LogP contribution in [0.2, 0.25) is 0 Å². The molecule has 0 amide bonds. The van der Waals surface area contributed by atoms with E-state index in [1.807, 2.05) is 27.0 Å². The van der Waals surface area contributed by atoms with E-state index < -0.39 is 0 Å². The van der Waals surface area contributed by atoms with Crippen LogP contribution in [-0.4, -0.2) is 19.6 Å². The molecule has 0 bridgehead atoms. The topological polar surface area (TPSA) is 36.1 Å². The minimum Gasteiger partial charge on any atom is -0.391 e. The van der Waals surface area contributed by atoms with Gasteiger partial charge in [0.25, 0.3) is 0 Å². The molecule has 3 nitrogen and oxygen atoms in total. The molecule has 3 N–H and O–H groups in total. The Balaban J connectivity index is 0.000000709. The highest BCUT2D eigenvalue weighted by atomic mass is 15.0. The molecule has 2 atom stereocenters. The predicted octanol–water partition coefficient (Wildman–Crippen LogP) is 7.42. The van der Waals surface area contributed by atoms with Crippen LogP contribution in [0.15, 0.2) is 72.6 Å². The van der Waals surface area contributed by atoms with Gasteiger partial charge in [-0.15, -0.1) is 6.58 Å². The van der Waals surface area contributed by atoms with E-state index in [0.717, 1.165) is 36.6 Å². The van der Waals surface area contributed by atoms with Crippen molar-refractivity contribution in [3.05, 3.63) is 83.7 Å². The number of nitrogens with one attached hydrogen (secondary N) is 3. The first-order valence-electron chi connectivity index (χ1n) is 12.7. The molecule has 0 aromatic heterocycles. The lowest BCUT2D eigenvalue weighted by molar-refractivity contribution is 0.484. The van der Waals surface area contributed by atoms with Gasteiger partial charge < -0.3 is 16.0 Å². The maximum atomic E-state index is 4.21. The van der Waals surface area contributed by atoms with Gasteiger partial charge in [-0.25, -0.2) is 0 Å². The molecule has 2 unspecified atom stereocenters. The summed E-state index contributed by atoms with van der Waals surface area (Å²) >= 11 is 0. The van der Waals surface area contributed by atoms with Crippen molar-refractivity contribution in [3.63, 3.8) is 0 Å². The lowest BCUT2D eigenvalue weighted by atomic mass is 9.99. The van der Waals surface area contributed by atoms with Gasteiger partial charge in [-0.3, -0.25) is 0 Å². The summed E-state index contributed by atoms with van der Waals surface area (Å²) in [6, 6.07) is 8.53. The Kier molecular flexibility index (Phi) is 15.2. The fraction of sp³-hybridized carbons (Fsp3) is 0.533. The van der Waals surface area contributed by atoms with Gasteiger partial charge in [-0.05, 0) is 68.7 Å². The van der Waals surface area contributed by atoms with Crippen molar-refractivity contribution in [2.24, 2.45) is 5.92 Å². The number of rotatable bonds is 12. The first-order chi connectivity index (χ1) is 15.8. The zero-order valence-corrected chi connectivity index (χ0v) is 22.8. The summed E-state index contributed by atoms with van der Waals surface area (Å²) in [6.07, 6.45) is 7.72. The molecule has 0 radical (unpaired) electrons. The summed E-state index contributed by atoms with van der Waals surface area (Å²) in [5.74, 6) is 0.861. The van der Waals surface area contributed by atoms with Crippen molar-refractivity contribution in [2.45, 2.75) is 85.7 Å². The molecule has 186 valence electrons. The van der Waals surface area contributed by atoms with Crippen LogP contribution in [0.4, 0.5) is 0 Å². The standard InChI is InChI=1S/C19H28N2.C9H17N.C2H6/c1-7-18(19(8-2)20-6)15(4)16(5)21-13-17-11-9-14(3)10-12-17;1-4-6-8-7-9(8,5-2)10-3;1-2/h9-12,20-21H,4-5,7-8,13H2,1-3,6H3;4,8,10H,1,5-7H2,2-3H3;1-2H3/b19-18-;;. The molecule has 1 aromatic carbocycles. The first-order valence-corrected chi connectivity index (χ1v) is 12.7. The Morgan fingerprint density at radius 2 is 1.67 bits per heavy atom. The summed E-state index contributed by atoms with van der Waals surface area (Å²) < 4.78 is 0. The number of benzene rings is 1. The van der Waals surface area contributed by atoms with E-state index in [9.17, 15) is 0 Å². The van der Waals surface area contributed by atoms with Crippen molar-refractivity contribution in [1.29, 1.82) is 0 Å². The van der Waals surface area contributed by atoms with Crippen LogP contribution in [-0.2, 0) is 6.54 Å². The van der Waals surface area contributed by atoms with Crippen LogP contribution in [0.3, 0.4) is 0 Å². The third-order valence-electron chi connectivity index (χ3n) is 6.54. The van der Waals surface area contributed by atoms with Gasteiger partial charge in [0.05, 0.1) is 0 Å². The quantitative estimate of drug-likeness (QED) is 0.227. The largest absolute Gasteiger partial charge is 0.391 e. The normalized spacial score (nSPS) is 19.0. The third kappa shape index (κ3) is 9.63. The van der Waals surface area contributed by atoms with Gasteiger partial charge in [-0.2, -0.15) is 0 Å². The van der Waals surface area contributed by atoms with E-state index in [0.29, 0.717) is 5.54 Å². The second-order valence-corrected chi connectivity index (χ2v) is 8.40. The van der Waals surface area contributed by atoms with E-state index in [-0.39, 0.29) is 0 Å². The van der Waals surface area contributed by atoms with Crippen LogP contribution in [0, 0.1) is 12.8 Å². The zero-order valence-electron chi connectivity index (χ0n) is 22.8. The summed E-state index contributed by atoms with van der Waals surface area (Å²) in [5.41, 5.74) is 7.39. The second kappa shape index (κ2) is 16.4. The molecule has 1 aliphatic carbocycles. The summed E-state index contributed by atoms with van der Waals surface area (Å²) in [6.45, 7) is 25.5. The molecule has 0 saturated heterocycles. The van der Waals surface area contributed by atoms with Crippen LogP contribution < -0.4 is 16.0 Å². The maximum absolute atomic E-state index is 4.21. The fourth-order valence-electron chi connectivity index (χ4n) is 4.16. The molecule has 0 spiro atoms. The van der Waals surface area contributed by atoms with Crippen molar-refractivity contribution >= 4 is 0 Å². The molecule has 0 heterocycles. The molecule has 2 rings (SSSR count). The van der Waals surface area contributed by atoms with Crippen LogP contribution in [0.5, 0.6) is 0 Å². The molecular weight excluding hydrogens is 402 g/mol. The second-order valence-electron chi connectivity index (χ2n) is 8.40. The van der Waals surface area contributed by atoms with Crippen molar-refractivity contribution in [3.8, 4) is 0 Å². The minimum atomic E-state index is 0.480. The Bertz CT molecular complexity index is 745. The van der Waals surface area contributed by atoms with Gasteiger partial charge in [0, 0.05) is 30.5 Å². The molecule has 0 aliphatic heterocycles. The summed E-state index contributed by atoms with van der Waals surface area (Å²) in [5, 5.41) is 10.0. The van der Waals surface area contributed by atoms with Crippen LogP contribution in [0.1, 0.15) is 77.8 Å². The fourth-order valence-corrected chi connectivity index (χ4v) is 4.16. The van der Waals surface area contributed by atoms with Gasteiger partial charge >= 0.3 is 0 Å². The smallest absolute Gasteiger partial charge is 0.0400 e. The monoisotopic (exact) mass is 453 g/mol. The molecule has 1 aliphatic rings. The summed E-state index contributed by atoms with van der Waals surface area (Å²) in [4.78, 5) is 0. The lowest BCUT2D eigenvalue weighted by Crippen LogP contribution is -2.28. The molecule has 1 fully saturated rings. The lowest BCUT2D eigenvalue weighted by Gasteiger charge is -2.18. The molecule has 1 saturated carbocycles. The Morgan fingerprint density at radius 3 is 2.06 bits per heavy atom. The average Bonchev–Trinajstić information content (AvgIpc) is 3.56. The van der Waals surface area contributed by atoms with E-state index in [1.54, 1.807) is 0 Å². The Hall–Kier alpha value is -2.26.